The molecule has 2 rings (SSSR count). The Morgan fingerprint density at radius 1 is 1.39 bits per heavy atom. The van der Waals surface area contributed by atoms with E-state index in [2.05, 4.69) is 42.4 Å². The number of hydrogen-bond donors (Lipinski definition) is 1. The Labute approximate surface area is 120 Å². The van der Waals surface area contributed by atoms with E-state index in [-0.39, 0.29) is 0 Å². The van der Waals surface area contributed by atoms with Crippen LogP contribution in [0.4, 0.5) is 0 Å². The number of thioether (sulfide) groups is 1. The van der Waals surface area contributed by atoms with Gasteiger partial charge >= 0.3 is 0 Å². The van der Waals surface area contributed by atoms with E-state index in [9.17, 15) is 0 Å². The second kappa shape index (κ2) is 7.56. The van der Waals surface area contributed by atoms with Crippen LogP contribution in [0.15, 0.2) is 11.4 Å². The van der Waals surface area contributed by atoms with E-state index in [1.54, 1.807) is 4.88 Å². The first-order valence-corrected chi connectivity index (χ1v) is 9.19. The first-order valence-electron chi connectivity index (χ1n) is 7.16. The molecule has 1 aliphatic heterocycles. The molecule has 18 heavy (non-hydrogen) atoms. The van der Waals surface area contributed by atoms with Crippen LogP contribution in [-0.4, -0.2) is 18.1 Å². The molecule has 1 unspecified atom stereocenters. The van der Waals surface area contributed by atoms with Crippen LogP contribution >= 0.6 is 23.1 Å². The van der Waals surface area contributed by atoms with Crippen molar-refractivity contribution in [1.29, 1.82) is 0 Å². The highest BCUT2D eigenvalue weighted by molar-refractivity contribution is 7.99. The van der Waals surface area contributed by atoms with Crippen molar-refractivity contribution in [3.05, 3.63) is 21.9 Å². The third-order valence-corrected chi connectivity index (χ3v) is 5.95. The van der Waals surface area contributed by atoms with Crippen molar-refractivity contribution in [3.8, 4) is 0 Å². The zero-order valence-electron chi connectivity index (χ0n) is 11.6. The van der Waals surface area contributed by atoms with E-state index in [0.29, 0.717) is 6.04 Å². The summed E-state index contributed by atoms with van der Waals surface area (Å²) in [6, 6.07) is 2.86. The zero-order valence-corrected chi connectivity index (χ0v) is 13.2. The molecule has 0 aliphatic carbocycles. The van der Waals surface area contributed by atoms with Gasteiger partial charge in [-0.3, -0.25) is 0 Å². The number of aryl methyl sites for hydroxylation is 1. The second-order valence-corrected chi connectivity index (χ2v) is 7.44. The maximum Gasteiger partial charge on any atom is 0.0420 e. The van der Waals surface area contributed by atoms with Gasteiger partial charge in [-0.25, -0.2) is 0 Å². The van der Waals surface area contributed by atoms with Crippen LogP contribution in [0.1, 0.15) is 49.1 Å². The molecule has 0 bridgehead atoms. The molecular formula is C15H25NS2. The predicted octanol–water partition coefficient (Wildman–Crippen LogP) is 4.63. The zero-order chi connectivity index (χ0) is 12.8. The minimum atomic E-state index is 0.595. The van der Waals surface area contributed by atoms with Crippen molar-refractivity contribution < 1.29 is 0 Å². The first-order chi connectivity index (χ1) is 8.81. The summed E-state index contributed by atoms with van der Waals surface area (Å²) in [5.74, 6) is 3.67. The molecule has 0 spiro atoms. The monoisotopic (exact) mass is 283 g/mol. The van der Waals surface area contributed by atoms with Gasteiger partial charge in [0.15, 0.2) is 0 Å². The van der Waals surface area contributed by atoms with Gasteiger partial charge in [0, 0.05) is 10.9 Å². The third-order valence-electron chi connectivity index (χ3n) is 3.77. The molecule has 1 aromatic rings. The van der Waals surface area contributed by atoms with Crippen molar-refractivity contribution in [2.45, 2.75) is 45.6 Å². The number of rotatable bonds is 6. The molecule has 0 radical (unpaired) electrons. The highest BCUT2D eigenvalue weighted by Gasteiger charge is 2.21. The van der Waals surface area contributed by atoms with E-state index in [0.717, 1.165) is 12.5 Å². The molecule has 0 saturated carbocycles. The van der Waals surface area contributed by atoms with Gasteiger partial charge in [0.1, 0.15) is 0 Å². The number of hydrogen-bond acceptors (Lipinski definition) is 3. The van der Waals surface area contributed by atoms with Gasteiger partial charge < -0.3 is 5.32 Å². The summed E-state index contributed by atoms with van der Waals surface area (Å²) in [6.45, 7) is 5.65. The first kappa shape index (κ1) is 14.4. The van der Waals surface area contributed by atoms with Gasteiger partial charge in [0.2, 0.25) is 0 Å². The van der Waals surface area contributed by atoms with Crippen molar-refractivity contribution in [3.63, 3.8) is 0 Å². The highest BCUT2D eigenvalue weighted by atomic mass is 32.2. The quantitative estimate of drug-likeness (QED) is 0.817. The lowest BCUT2D eigenvalue weighted by atomic mass is 9.92. The van der Waals surface area contributed by atoms with E-state index in [1.165, 1.54) is 42.8 Å². The van der Waals surface area contributed by atoms with Crippen molar-refractivity contribution in [2.24, 2.45) is 5.92 Å². The lowest BCUT2D eigenvalue weighted by Crippen LogP contribution is -2.25. The van der Waals surface area contributed by atoms with Gasteiger partial charge in [-0.05, 0) is 73.6 Å². The highest BCUT2D eigenvalue weighted by Crippen LogP contribution is 2.34. The van der Waals surface area contributed by atoms with Crippen LogP contribution in [0.25, 0.3) is 0 Å². The van der Waals surface area contributed by atoms with Crippen molar-refractivity contribution in [2.75, 3.05) is 18.1 Å². The topological polar surface area (TPSA) is 12.0 Å². The molecular weight excluding hydrogens is 258 g/mol. The summed E-state index contributed by atoms with van der Waals surface area (Å²) in [5, 5.41) is 6.00. The van der Waals surface area contributed by atoms with Gasteiger partial charge in [-0.1, -0.05) is 6.92 Å². The molecule has 0 aromatic carbocycles. The summed E-state index contributed by atoms with van der Waals surface area (Å²) in [7, 11) is 0. The third kappa shape index (κ3) is 4.01. The molecule has 0 amide bonds. The molecule has 1 saturated heterocycles. The smallest absolute Gasteiger partial charge is 0.0420 e. The minimum Gasteiger partial charge on any atom is -0.309 e. The molecule has 1 aromatic heterocycles. The Morgan fingerprint density at radius 2 is 2.17 bits per heavy atom. The Morgan fingerprint density at radius 3 is 2.78 bits per heavy atom. The minimum absolute atomic E-state index is 0.595. The van der Waals surface area contributed by atoms with E-state index in [4.69, 9.17) is 0 Å². The molecule has 3 heteroatoms. The van der Waals surface area contributed by atoms with Crippen LogP contribution in [0, 0.1) is 12.8 Å². The summed E-state index contributed by atoms with van der Waals surface area (Å²) < 4.78 is 0. The Kier molecular flexibility index (Phi) is 6.06. The molecule has 1 aliphatic rings. The maximum absolute atomic E-state index is 3.76. The van der Waals surface area contributed by atoms with E-state index >= 15 is 0 Å². The standard InChI is InChI=1S/C15H25NS2/c1-3-7-16-14(15-12(2)4-10-18-15)11-13-5-8-17-9-6-13/h4,10,13-14,16H,3,5-9,11H2,1-2H3. The van der Waals surface area contributed by atoms with Gasteiger partial charge in [-0.15, -0.1) is 11.3 Å². The molecule has 1 N–H and O–H groups in total. The Balaban J connectivity index is 1.98. The van der Waals surface area contributed by atoms with Crippen molar-refractivity contribution >= 4 is 23.1 Å². The summed E-state index contributed by atoms with van der Waals surface area (Å²) in [5.41, 5.74) is 1.47. The lowest BCUT2D eigenvalue weighted by Gasteiger charge is -2.27. The van der Waals surface area contributed by atoms with Gasteiger partial charge in [0.25, 0.3) is 0 Å². The summed E-state index contributed by atoms with van der Waals surface area (Å²) in [6.07, 6.45) is 5.39. The second-order valence-electron chi connectivity index (χ2n) is 5.27. The van der Waals surface area contributed by atoms with Gasteiger partial charge in [0.05, 0.1) is 0 Å². The van der Waals surface area contributed by atoms with Crippen LogP contribution in [0.2, 0.25) is 0 Å². The summed E-state index contributed by atoms with van der Waals surface area (Å²) in [4.78, 5) is 1.57. The fraction of sp³-hybridized carbons (Fsp3) is 0.733. The average Bonchev–Trinajstić information content (AvgIpc) is 2.82. The molecule has 1 fully saturated rings. The van der Waals surface area contributed by atoms with Crippen LogP contribution in [0.5, 0.6) is 0 Å². The molecule has 1 atom stereocenters. The van der Waals surface area contributed by atoms with Crippen LogP contribution < -0.4 is 5.32 Å². The van der Waals surface area contributed by atoms with Crippen molar-refractivity contribution in [1.82, 2.24) is 5.32 Å². The molecule has 102 valence electrons. The van der Waals surface area contributed by atoms with Crippen LogP contribution in [-0.2, 0) is 0 Å². The maximum atomic E-state index is 3.76. The Bertz CT molecular complexity index is 342. The SMILES string of the molecule is CCCNC(CC1CCSCC1)c1sccc1C. The largest absolute Gasteiger partial charge is 0.309 e. The molecule has 1 nitrogen and oxygen atoms in total. The predicted molar refractivity (Wildman–Crippen MR) is 84.8 cm³/mol. The Hall–Kier alpha value is 0.0100. The normalized spacial score (nSPS) is 19.0. The lowest BCUT2D eigenvalue weighted by molar-refractivity contribution is 0.373. The molecule has 2 heterocycles. The average molecular weight is 284 g/mol. The van der Waals surface area contributed by atoms with Gasteiger partial charge in [-0.2, -0.15) is 11.8 Å². The fourth-order valence-electron chi connectivity index (χ4n) is 2.66. The number of thiophene rings is 1. The number of nitrogens with one attached hydrogen (secondary N) is 1. The summed E-state index contributed by atoms with van der Waals surface area (Å²) >= 11 is 4.06. The van der Waals surface area contributed by atoms with E-state index in [1.807, 2.05) is 11.3 Å². The van der Waals surface area contributed by atoms with Crippen LogP contribution in [0.3, 0.4) is 0 Å². The fourth-order valence-corrected chi connectivity index (χ4v) is 4.88. The van der Waals surface area contributed by atoms with E-state index < -0.39 is 0 Å².